The first-order valence-electron chi connectivity index (χ1n) is 6.62. The Morgan fingerprint density at radius 1 is 1.25 bits per heavy atom. The number of hydrogen-bond donors (Lipinski definition) is 2. The molecule has 1 aliphatic rings. The molecule has 1 fully saturated rings. The van der Waals surface area contributed by atoms with Crippen molar-refractivity contribution in [2.24, 2.45) is 0 Å². The first-order valence-corrected chi connectivity index (χ1v) is 6.62. The number of amides is 2. The number of nitrogen functional groups attached to an aromatic ring is 1. The van der Waals surface area contributed by atoms with E-state index < -0.39 is 0 Å². The molecule has 6 nitrogen and oxygen atoms in total. The smallest absolute Gasteiger partial charge is 0.244 e. The van der Waals surface area contributed by atoms with Crippen LogP contribution in [0.15, 0.2) is 24.3 Å². The summed E-state index contributed by atoms with van der Waals surface area (Å²) < 4.78 is 0. The SMILES string of the molecule is CNC(=O)C1CN(C(C)=O)CCN1c1ccc(N)cc1. The quantitative estimate of drug-likeness (QED) is 0.748. The monoisotopic (exact) mass is 276 g/mol. The van der Waals surface area contributed by atoms with Crippen molar-refractivity contribution in [1.29, 1.82) is 0 Å². The predicted octanol–water partition coefficient (Wildman–Crippen LogP) is 0.0519. The van der Waals surface area contributed by atoms with Crippen molar-refractivity contribution in [3.63, 3.8) is 0 Å². The highest BCUT2D eigenvalue weighted by Crippen LogP contribution is 2.22. The number of benzene rings is 1. The Kier molecular flexibility index (Phi) is 4.12. The molecule has 0 aliphatic carbocycles. The number of carbonyl (C=O) groups is 2. The number of anilines is 2. The fourth-order valence-electron chi connectivity index (χ4n) is 2.43. The summed E-state index contributed by atoms with van der Waals surface area (Å²) in [5.74, 6) is -0.0939. The molecule has 6 heteroatoms. The first-order chi connectivity index (χ1) is 9.52. The standard InChI is InChI=1S/C14H20N4O2/c1-10(19)17-7-8-18(13(9-17)14(20)16-2)12-5-3-11(15)4-6-12/h3-6,13H,7-9,15H2,1-2H3,(H,16,20). The lowest BCUT2D eigenvalue weighted by atomic mass is 10.1. The van der Waals surface area contributed by atoms with Gasteiger partial charge < -0.3 is 20.9 Å². The van der Waals surface area contributed by atoms with E-state index in [-0.39, 0.29) is 17.9 Å². The Hall–Kier alpha value is -2.24. The van der Waals surface area contributed by atoms with Crippen LogP contribution < -0.4 is 16.0 Å². The van der Waals surface area contributed by atoms with Gasteiger partial charge in [-0.3, -0.25) is 9.59 Å². The molecule has 20 heavy (non-hydrogen) atoms. The number of rotatable bonds is 2. The summed E-state index contributed by atoms with van der Waals surface area (Å²) in [6.07, 6.45) is 0. The van der Waals surface area contributed by atoms with Gasteiger partial charge in [0.2, 0.25) is 11.8 Å². The Morgan fingerprint density at radius 3 is 2.45 bits per heavy atom. The second-order valence-corrected chi connectivity index (χ2v) is 4.88. The van der Waals surface area contributed by atoms with Crippen LogP contribution in [0.25, 0.3) is 0 Å². The molecule has 3 N–H and O–H groups in total. The maximum Gasteiger partial charge on any atom is 0.244 e. The molecule has 1 aromatic rings. The Labute approximate surface area is 118 Å². The van der Waals surface area contributed by atoms with E-state index in [0.717, 1.165) is 5.69 Å². The lowest BCUT2D eigenvalue weighted by molar-refractivity contribution is -0.131. The summed E-state index contributed by atoms with van der Waals surface area (Å²) in [5.41, 5.74) is 7.32. The van der Waals surface area contributed by atoms with Crippen LogP contribution in [0.4, 0.5) is 11.4 Å². The average molecular weight is 276 g/mol. The van der Waals surface area contributed by atoms with E-state index in [4.69, 9.17) is 5.73 Å². The molecule has 1 atom stereocenters. The molecule has 0 saturated carbocycles. The van der Waals surface area contributed by atoms with Crippen molar-refractivity contribution in [2.75, 3.05) is 37.3 Å². The van der Waals surface area contributed by atoms with E-state index in [9.17, 15) is 9.59 Å². The third-order valence-corrected chi connectivity index (χ3v) is 3.60. The largest absolute Gasteiger partial charge is 0.399 e. The normalized spacial score (nSPS) is 18.8. The lowest BCUT2D eigenvalue weighted by Gasteiger charge is -2.41. The minimum atomic E-state index is -0.374. The van der Waals surface area contributed by atoms with Gasteiger partial charge in [0.05, 0.1) is 6.54 Å². The number of nitrogens with zero attached hydrogens (tertiary/aromatic N) is 2. The highest BCUT2D eigenvalue weighted by molar-refractivity contribution is 5.87. The molecular formula is C14H20N4O2. The number of nitrogens with two attached hydrogens (primary N) is 1. The highest BCUT2D eigenvalue weighted by atomic mass is 16.2. The zero-order valence-corrected chi connectivity index (χ0v) is 11.8. The Morgan fingerprint density at radius 2 is 1.90 bits per heavy atom. The fraction of sp³-hybridized carbons (Fsp3) is 0.429. The second kappa shape index (κ2) is 5.81. The topological polar surface area (TPSA) is 78.7 Å². The molecule has 2 rings (SSSR count). The molecular weight excluding hydrogens is 256 g/mol. The summed E-state index contributed by atoms with van der Waals surface area (Å²) in [7, 11) is 1.61. The molecule has 1 aromatic carbocycles. The number of piperazine rings is 1. The lowest BCUT2D eigenvalue weighted by Crippen LogP contribution is -2.59. The van der Waals surface area contributed by atoms with Crippen molar-refractivity contribution < 1.29 is 9.59 Å². The second-order valence-electron chi connectivity index (χ2n) is 4.88. The molecule has 1 unspecified atom stereocenters. The molecule has 0 bridgehead atoms. The summed E-state index contributed by atoms with van der Waals surface area (Å²) >= 11 is 0. The van der Waals surface area contributed by atoms with Crippen LogP contribution in [0.2, 0.25) is 0 Å². The van der Waals surface area contributed by atoms with E-state index >= 15 is 0 Å². The molecule has 0 radical (unpaired) electrons. The maximum absolute atomic E-state index is 12.1. The number of likely N-dealkylation sites (N-methyl/N-ethyl adjacent to an activating group) is 1. The van der Waals surface area contributed by atoms with Crippen LogP contribution in [-0.2, 0) is 9.59 Å². The van der Waals surface area contributed by atoms with Crippen LogP contribution in [-0.4, -0.2) is 49.4 Å². The van der Waals surface area contributed by atoms with E-state index in [2.05, 4.69) is 5.32 Å². The third kappa shape index (κ3) is 2.84. The highest BCUT2D eigenvalue weighted by Gasteiger charge is 2.32. The van der Waals surface area contributed by atoms with Gasteiger partial charge in [0.1, 0.15) is 6.04 Å². The van der Waals surface area contributed by atoms with E-state index in [1.54, 1.807) is 11.9 Å². The van der Waals surface area contributed by atoms with E-state index in [0.29, 0.717) is 25.3 Å². The minimum Gasteiger partial charge on any atom is -0.399 e. The van der Waals surface area contributed by atoms with Crippen LogP contribution in [0, 0.1) is 0 Å². The van der Waals surface area contributed by atoms with Gasteiger partial charge in [-0.2, -0.15) is 0 Å². The summed E-state index contributed by atoms with van der Waals surface area (Å²) in [4.78, 5) is 27.3. The van der Waals surface area contributed by atoms with E-state index in [1.165, 1.54) is 6.92 Å². The molecule has 0 aromatic heterocycles. The van der Waals surface area contributed by atoms with Crippen molar-refractivity contribution in [3.8, 4) is 0 Å². The molecule has 2 amide bonds. The Balaban J connectivity index is 2.24. The average Bonchev–Trinajstić information content (AvgIpc) is 2.46. The van der Waals surface area contributed by atoms with Crippen LogP contribution in [0.5, 0.6) is 0 Å². The zero-order valence-electron chi connectivity index (χ0n) is 11.8. The summed E-state index contributed by atoms with van der Waals surface area (Å²) in [6.45, 7) is 3.17. The molecule has 1 aliphatic heterocycles. The number of carbonyl (C=O) groups excluding carboxylic acids is 2. The molecule has 1 heterocycles. The van der Waals surface area contributed by atoms with Gasteiger partial charge in [-0.05, 0) is 24.3 Å². The maximum atomic E-state index is 12.1. The van der Waals surface area contributed by atoms with Gasteiger partial charge in [-0.1, -0.05) is 0 Å². The van der Waals surface area contributed by atoms with Crippen LogP contribution >= 0.6 is 0 Å². The number of hydrogen-bond acceptors (Lipinski definition) is 4. The minimum absolute atomic E-state index is 0.00383. The fourth-order valence-corrected chi connectivity index (χ4v) is 2.43. The molecule has 108 valence electrons. The zero-order chi connectivity index (χ0) is 14.7. The summed E-state index contributed by atoms with van der Waals surface area (Å²) in [6, 6.07) is 7.05. The van der Waals surface area contributed by atoms with Gasteiger partial charge in [0, 0.05) is 38.4 Å². The van der Waals surface area contributed by atoms with Crippen LogP contribution in [0.3, 0.4) is 0 Å². The van der Waals surface area contributed by atoms with E-state index in [1.807, 2.05) is 29.2 Å². The Bertz CT molecular complexity index is 500. The van der Waals surface area contributed by atoms with Crippen molar-refractivity contribution >= 4 is 23.2 Å². The van der Waals surface area contributed by atoms with Gasteiger partial charge in [-0.25, -0.2) is 0 Å². The first kappa shape index (κ1) is 14.2. The van der Waals surface area contributed by atoms with Gasteiger partial charge >= 0.3 is 0 Å². The predicted molar refractivity (Wildman–Crippen MR) is 78.3 cm³/mol. The van der Waals surface area contributed by atoms with Crippen molar-refractivity contribution in [1.82, 2.24) is 10.2 Å². The van der Waals surface area contributed by atoms with Gasteiger partial charge in [0.15, 0.2) is 0 Å². The van der Waals surface area contributed by atoms with Gasteiger partial charge in [0.25, 0.3) is 0 Å². The summed E-state index contributed by atoms with van der Waals surface area (Å²) in [5, 5.41) is 2.66. The molecule has 0 spiro atoms. The number of nitrogens with one attached hydrogen (secondary N) is 1. The molecule has 1 saturated heterocycles. The van der Waals surface area contributed by atoms with Crippen molar-refractivity contribution in [3.05, 3.63) is 24.3 Å². The third-order valence-electron chi connectivity index (χ3n) is 3.60. The van der Waals surface area contributed by atoms with Crippen molar-refractivity contribution in [2.45, 2.75) is 13.0 Å². The van der Waals surface area contributed by atoms with Gasteiger partial charge in [-0.15, -0.1) is 0 Å². The van der Waals surface area contributed by atoms with Crippen LogP contribution in [0.1, 0.15) is 6.92 Å².